The molecule has 1 unspecified atom stereocenters. The number of nitrogens with one attached hydrogen (secondary N) is 1. The molecule has 3 rings (SSSR count). The second-order valence-corrected chi connectivity index (χ2v) is 7.74. The van der Waals surface area contributed by atoms with Crippen molar-refractivity contribution in [1.82, 2.24) is 4.90 Å². The summed E-state index contributed by atoms with van der Waals surface area (Å²) in [6.45, 7) is 6.71. The lowest BCUT2D eigenvalue weighted by atomic mass is 10.2. The third-order valence-electron chi connectivity index (χ3n) is 5.26. The van der Waals surface area contributed by atoms with Crippen LogP contribution in [-0.2, 0) is 4.74 Å². The number of nitrogens with zero attached hydrogens (tertiary/aromatic N) is 2. The third-order valence-corrected chi connectivity index (χ3v) is 5.26. The van der Waals surface area contributed by atoms with Gasteiger partial charge in [-0.15, -0.1) is 0 Å². The van der Waals surface area contributed by atoms with Gasteiger partial charge < -0.3 is 24.2 Å². The van der Waals surface area contributed by atoms with Crippen LogP contribution in [0.5, 0.6) is 11.5 Å². The second-order valence-electron chi connectivity index (χ2n) is 7.74. The van der Waals surface area contributed by atoms with Gasteiger partial charge in [0.05, 0.1) is 13.7 Å². The molecule has 0 aromatic heterocycles. The Balaban J connectivity index is 1.36. The molecule has 2 aromatic carbocycles. The number of benzene rings is 2. The molecule has 2 N–H and O–H groups in total. The van der Waals surface area contributed by atoms with Crippen LogP contribution in [0.25, 0.3) is 0 Å². The molecule has 1 atom stereocenters. The summed E-state index contributed by atoms with van der Waals surface area (Å²) in [4.78, 5) is 16.2. The van der Waals surface area contributed by atoms with E-state index in [4.69, 9.17) is 14.2 Å². The number of ether oxygens (including phenoxy) is 3. The lowest BCUT2D eigenvalue weighted by molar-refractivity contribution is 0.0663. The van der Waals surface area contributed by atoms with E-state index in [0.717, 1.165) is 38.3 Å². The highest BCUT2D eigenvalue weighted by Gasteiger charge is 2.20. The number of aliphatic hydroxyl groups excluding tert-OH is 1. The number of rotatable bonds is 10. The topological polar surface area (TPSA) is 83.5 Å². The van der Waals surface area contributed by atoms with Crippen LogP contribution in [0.3, 0.4) is 0 Å². The average molecular weight is 444 g/mol. The predicted octanol–water partition coefficient (Wildman–Crippen LogP) is 3.22. The standard InChI is InChI=1S/C24H33N3O5/c1-3-16-31-24(29)25-19-4-8-23(9-5-19)32-18-21(28)17-26-12-14-27(15-13-26)20-6-10-22(30-2)11-7-20/h4-11,21,28H,3,12-18H2,1-2H3,(H,25,29). The SMILES string of the molecule is CCCOC(=O)Nc1ccc(OCC(O)CN2CCN(c3ccc(OC)cc3)CC2)cc1. The van der Waals surface area contributed by atoms with Crippen molar-refractivity contribution in [2.45, 2.75) is 19.4 Å². The summed E-state index contributed by atoms with van der Waals surface area (Å²) in [6.07, 6.45) is -0.270. The molecule has 0 bridgehead atoms. The largest absolute Gasteiger partial charge is 0.497 e. The number of β-amino-alcohol motifs (C(OH)–C–C–N with tert-alkyl or cyclic N) is 1. The van der Waals surface area contributed by atoms with Gasteiger partial charge in [-0.2, -0.15) is 0 Å². The van der Waals surface area contributed by atoms with Crippen molar-refractivity contribution < 1.29 is 24.1 Å². The number of carbonyl (C=O) groups is 1. The van der Waals surface area contributed by atoms with Crippen LogP contribution in [0.4, 0.5) is 16.2 Å². The van der Waals surface area contributed by atoms with Crippen LogP contribution < -0.4 is 19.7 Å². The summed E-state index contributed by atoms with van der Waals surface area (Å²) in [5, 5.41) is 13.1. The summed E-state index contributed by atoms with van der Waals surface area (Å²) in [6, 6.07) is 15.1. The summed E-state index contributed by atoms with van der Waals surface area (Å²) < 4.78 is 15.9. The molecule has 1 aliphatic rings. The molecule has 1 heterocycles. The van der Waals surface area contributed by atoms with Crippen molar-refractivity contribution in [3.8, 4) is 11.5 Å². The minimum atomic E-state index is -0.579. The Morgan fingerprint density at radius 1 is 1.03 bits per heavy atom. The summed E-state index contributed by atoms with van der Waals surface area (Å²) >= 11 is 0. The fourth-order valence-electron chi connectivity index (χ4n) is 3.51. The van der Waals surface area contributed by atoms with E-state index in [1.54, 1.807) is 31.4 Å². The molecule has 32 heavy (non-hydrogen) atoms. The van der Waals surface area contributed by atoms with Crippen LogP contribution in [0.1, 0.15) is 13.3 Å². The maximum Gasteiger partial charge on any atom is 0.411 e. The number of carbonyl (C=O) groups excluding carboxylic acids is 1. The van der Waals surface area contributed by atoms with Crippen molar-refractivity contribution in [1.29, 1.82) is 0 Å². The molecule has 8 nitrogen and oxygen atoms in total. The van der Waals surface area contributed by atoms with Gasteiger partial charge in [-0.25, -0.2) is 4.79 Å². The van der Waals surface area contributed by atoms with Gasteiger partial charge in [-0.3, -0.25) is 10.2 Å². The first-order valence-electron chi connectivity index (χ1n) is 11.0. The van der Waals surface area contributed by atoms with Gasteiger partial charge in [0, 0.05) is 44.1 Å². The van der Waals surface area contributed by atoms with E-state index in [2.05, 4.69) is 27.2 Å². The lowest BCUT2D eigenvalue weighted by Gasteiger charge is -2.36. The van der Waals surface area contributed by atoms with E-state index in [-0.39, 0.29) is 6.61 Å². The number of hydrogen-bond acceptors (Lipinski definition) is 7. The smallest absolute Gasteiger partial charge is 0.411 e. The molecule has 1 saturated heterocycles. The van der Waals surface area contributed by atoms with E-state index >= 15 is 0 Å². The van der Waals surface area contributed by atoms with Gasteiger partial charge in [0.15, 0.2) is 0 Å². The molecule has 0 radical (unpaired) electrons. The lowest BCUT2D eigenvalue weighted by Crippen LogP contribution is -2.49. The zero-order valence-electron chi connectivity index (χ0n) is 18.8. The minimum absolute atomic E-state index is 0.212. The summed E-state index contributed by atoms with van der Waals surface area (Å²) in [7, 11) is 1.67. The van der Waals surface area contributed by atoms with Gasteiger partial charge in [-0.1, -0.05) is 6.92 Å². The zero-order chi connectivity index (χ0) is 22.8. The Hall–Kier alpha value is -2.97. The second kappa shape index (κ2) is 12.2. The molecule has 2 aromatic rings. The molecule has 0 saturated carbocycles. The molecule has 1 amide bonds. The van der Waals surface area contributed by atoms with Crippen LogP contribution in [-0.4, -0.2) is 75.3 Å². The van der Waals surface area contributed by atoms with Crippen LogP contribution in [0.15, 0.2) is 48.5 Å². The van der Waals surface area contributed by atoms with Crippen LogP contribution in [0.2, 0.25) is 0 Å². The maximum absolute atomic E-state index is 11.6. The maximum atomic E-state index is 11.6. The molecule has 1 aliphatic heterocycles. The Labute approximate surface area is 189 Å². The third kappa shape index (κ3) is 7.32. The van der Waals surface area contributed by atoms with E-state index in [0.29, 0.717) is 24.6 Å². The first-order valence-corrected chi connectivity index (χ1v) is 11.0. The molecule has 0 aliphatic carbocycles. The van der Waals surface area contributed by atoms with Gasteiger partial charge in [0.2, 0.25) is 0 Å². The minimum Gasteiger partial charge on any atom is -0.497 e. The zero-order valence-corrected chi connectivity index (χ0v) is 18.8. The van der Waals surface area contributed by atoms with Crippen molar-refractivity contribution >= 4 is 17.5 Å². The highest BCUT2D eigenvalue weighted by Crippen LogP contribution is 2.21. The summed E-state index contributed by atoms with van der Waals surface area (Å²) in [5.41, 5.74) is 1.82. The molecule has 174 valence electrons. The van der Waals surface area contributed by atoms with Crippen LogP contribution in [0, 0.1) is 0 Å². The van der Waals surface area contributed by atoms with Gasteiger partial charge in [0.25, 0.3) is 0 Å². The number of methoxy groups -OCH3 is 1. The van der Waals surface area contributed by atoms with Gasteiger partial charge >= 0.3 is 6.09 Å². The van der Waals surface area contributed by atoms with Crippen LogP contribution >= 0.6 is 0 Å². The Morgan fingerprint density at radius 3 is 2.31 bits per heavy atom. The van der Waals surface area contributed by atoms with Crippen molar-refractivity contribution in [2.24, 2.45) is 0 Å². The first kappa shape index (κ1) is 23.7. The number of hydrogen-bond donors (Lipinski definition) is 2. The fraction of sp³-hybridized carbons (Fsp3) is 0.458. The number of anilines is 2. The highest BCUT2D eigenvalue weighted by atomic mass is 16.5. The number of aliphatic hydroxyl groups is 1. The van der Waals surface area contributed by atoms with Crippen molar-refractivity contribution in [3.05, 3.63) is 48.5 Å². The van der Waals surface area contributed by atoms with Gasteiger partial charge in [-0.05, 0) is 55.0 Å². The molecule has 1 fully saturated rings. The Kier molecular flexibility index (Phi) is 9.01. The van der Waals surface area contributed by atoms with E-state index in [1.165, 1.54) is 5.69 Å². The van der Waals surface area contributed by atoms with E-state index in [1.807, 2.05) is 19.1 Å². The quantitative estimate of drug-likeness (QED) is 0.583. The number of amides is 1. The predicted molar refractivity (Wildman–Crippen MR) is 125 cm³/mol. The monoisotopic (exact) mass is 443 g/mol. The Bertz CT molecular complexity index is 821. The molecular formula is C24H33N3O5. The summed E-state index contributed by atoms with van der Waals surface area (Å²) in [5.74, 6) is 1.50. The van der Waals surface area contributed by atoms with E-state index < -0.39 is 12.2 Å². The first-order chi connectivity index (χ1) is 15.6. The van der Waals surface area contributed by atoms with Crippen molar-refractivity contribution in [3.63, 3.8) is 0 Å². The Morgan fingerprint density at radius 2 is 1.69 bits per heavy atom. The van der Waals surface area contributed by atoms with Crippen molar-refractivity contribution in [2.75, 3.05) is 63.3 Å². The number of piperazine rings is 1. The highest BCUT2D eigenvalue weighted by molar-refractivity contribution is 5.84. The average Bonchev–Trinajstić information content (AvgIpc) is 2.83. The fourth-order valence-corrected chi connectivity index (χ4v) is 3.51. The molecule has 8 heteroatoms. The normalized spacial score (nSPS) is 15.2. The van der Waals surface area contributed by atoms with E-state index in [9.17, 15) is 9.90 Å². The molecular weight excluding hydrogens is 410 g/mol. The van der Waals surface area contributed by atoms with Gasteiger partial charge in [0.1, 0.15) is 24.2 Å². The molecule has 0 spiro atoms.